The highest BCUT2D eigenvalue weighted by Gasteiger charge is 2.42. The zero-order chi connectivity index (χ0) is 26.3. The van der Waals surface area contributed by atoms with Gasteiger partial charge in [-0.1, -0.05) is 31.4 Å². The van der Waals surface area contributed by atoms with Crippen LogP contribution in [0, 0.1) is 18.8 Å². The number of aryl methyl sites for hydroxylation is 1. The molecular weight excluding hydrogens is 504 g/mol. The van der Waals surface area contributed by atoms with Gasteiger partial charge in [0.15, 0.2) is 0 Å². The molecule has 2 fully saturated rings. The van der Waals surface area contributed by atoms with Crippen LogP contribution in [0.3, 0.4) is 0 Å². The number of aliphatic carboxylic acids is 1. The van der Waals surface area contributed by atoms with Crippen LogP contribution in [-0.2, 0) is 21.2 Å². The molecule has 1 aromatic heterocycles. The van der Waals surface area contributed by atoms with E-state index in [2.05, 4.69) is 4.74 Å². The minimum absolute atomic E-state index is 0.00260. The molecule has 2 atom stereocenters. The van der Waals surface area contributed by atoms with Gasteiger partial charge in [-0.15, -0.1) is 0 Å². The van der Waals surface area contributed by atoms with Gasteiger partial charge in [0.05, 0.1) is 28.6 Å². The number of nitrogens with zero attached hydrogens (tertiary/aromatic N) is 3. The van der Waals surface area contributed by atoms with Crippen LogP contribution < -0.4 is 4.74 Å². The summed E-state index contributed by atoms with van der Waals surface area (Å²) in [6.45, 7) is -0.550. The van der Waals surface area contributed by atoms with E-state index in [1.165, 1.54) is 35.0 Å². The van der Waals surface area contributed by atoms with Crippen LogP contribution in [0.25, 0.3) is 10.9 Å². The summed E-state index contributed by atoms with van der Waals surface area (Å²) in [7, 11) is -3.90. The van der Waals surface area contributed by atoms with Crippen LogP contribution in [-0.4, -0.2) is 53.3 Å². The smallest absolute Gasteiger partial charge is 0.387 e. The lowest BCUT2D eigenvalue weighted by molar-refractivity contribution is -0.136. The fourth-order valence-electron chi connectivity index (χ4n) is 5.46. The Morgan fingerprint density at radius 2 is 1.89 bits per heavy atom. The third kappa shape index (κ3) is 5.19. The van der Waals surface area contributed by atoms with E-state index >= 15 is 0 Å². The number of sulfonamides is 1. The summed E-state index contributed by atoms with van der Waals surface area (Å²) in [5.74, 6) is -0.556. The molecule has 8 nitrogen and oxygen atoms in total. The lowest BCUT2D eigenvalue weighted by Gasteiger charge is -2.30. The Morgan fingerprint density at radius 3 is 2.51 bits per heavy atom. The second-order valence-electron chi connectivity index (χ2n) is 10.0. The Hall–Kier alpha value is -3.05. The molecule has 1 aliphatic heterocycles. The van der Waals surface area contributed by atoms with Gasteiger partial charge < -0.3 is 9.84 Å². The Labute approximate surface area is 213 Å². The average Bonchev–Trinajstić information content (AvgIpc) is 3.37. The summed E-state index contributed by atoms with van der Waals surface area (Å²) in [4.78, 5) is 11.5. The largest absolute Gasteiger partial charge is 0.481 e. The van der Waals surface area contributed by atoms with E-state index in [0.29, 0.717) is 18.2 Å². The van der Waals surface area contributed by atoms with E-state index in [-0.39, 0.29) is 35.6 Å². The molecule has 37 heavy (non-hydrogen) atoms. The van der Waals surface area contributed by atoms with E-state index < -0.39 is 22.6 Å². The maximum Gasteiger partial charge on any atom is 0.387 e. The van der Waals surface area contributed by atoms with E-state index in [1.807, 2.05) is 29.8 Å². The second-order valence-corrected chi connectivity index (χ2v) is 12.0. The molecule has 2 aromatic carbocycles. The van der Waals surface area contributed by atoms with Gasteiger partial charge in [0, 0.05) is 18.5 Å². The molecule has 5 rings (SSSR count). The van der Waals surface area contributed by atoms with Crippen LogP contribution in [0.15, 0.2) is 47.4 Å². The minimum atomic E-state index is -3.90. The molecule has 11 heteroatoms. The maximum absolute atomic E-state index is 13.6. The van der Waals surface area contributed by atoms with E-state index in [4.69, 9.17) is 5.10 Å². The zero-order valence-corrected chi connectivity index (χ0v) is 21.2. The summed E-state index contributed by atoms with van der Waals surface area (Å²) < 4.78 is 59.7. The van der Waals surface area contributed by atoms with Crippen molar-refractivity contribution in [3.63, 3.8) is 0 Å². The summed E-state index contributed by atoms with van der Waals surface area (Å²) >= 11 is 0. The third-order valence-corrected chi connectivity index (χ3v) is 9.34. The topological polar surface area (TPSA) is 102 Å². The molecule has 2 aliphatic rings. The molecule has 3 aromatic rings. The lowest BCUT2D eigenvalue weighted by Crippen LogP contribution is -2.29. The molecule has 0 radical (unpaired) electrons. The molecule has 0 unspecified atom stereocenters. The third-order valence-electron chi connectivity index (χ3n) is 7.49. The molecule has 1 saturated heterocycles. The number of hydrogen-bond acceptors (Lipinski definition) is 5. The highest BCUT2D eigenvalue weighted by molar-refractivity contribution is 7.89. The van der Waals surface area contributed by atoms with Crippen LogP contribution in [0.4, 0.5) is 8.78 Å². The first-order chi connectivity index (χ1) is 17.6. The number of carbonyl (C=O) groups is 1. The van der Waals surface area contributed by atoms with Gasteiger partial charge in [0.1, 0.15) is 5.75 Å². The average molecular weight is 534 g/mol. The molecule has 0 bridgehead atoms. The minimum Gasteiger partial charge on any atom is -0.481 e. The Kier molecular flexibility index (Phi) is 6.93. The predicted octanol–water partition coefficient (Wildman–Crippen LogP) is 4.63. The van der Waals surface area contributed by atoms with Gasteiger partial charge in [-0.2, -0.15) is 18.2 Å². The molecule has 2 heterocycles. The van der Waals surface area contributed by atoms with Gasteiger partial charge in [-0.3, -0.25) is 9.48 Å². The second kappa shape index (κ2) is 10.0. The molecular formula is C26H29F2N3O5S. The summed E-state index contributed by atoms with van der Waals surface area (Å²) in [6.07, 6.45) is 4.04. The Morgan fingerprint density at radius 1 is 1.16 bits per heavy atom. The van der Waals surface area contributed by atoms with Gasteiger partial charge >= 0.3 is 12.6 Å². The van der Waals surface area contributed by atoms with Crippen molar-refractivity contribution in [2.45, 2.75) is 56.6 Å². The fourth-order valence-corrected chi connectivity index (χ4v) is 6.97. The van der Waals surface area contributed by atoms with Crippen molar-refractivity contribution in [2.75, 3.05) is 13.1 Å². The van der Waals surface area contributed by atoms with Gasteiger partial charge in [0.2, 0.25) is 10.0 Å². The molecule has 0 spiro atoms. The van der Waals surface area contributed by atoms with Crippen molar-refractivity contribution >= 4 is 26.9 Å². The summed E-state index contributed by atoms with van der Waals surface area (Å²) in [5.41, 5.74) is 2.26. The molecule has 0 amide bonds. The molecule has 1 saturated carbocycles. The van der Waals surface area contributed by atoms with E-state index in [1.54, 1.807) is 0 Å². The summed E-state index contributed by atoms with van der Waals surface area (Å²) in [6, 6.07) is 10.5. The van der Waals surface area contributed by atoms with Gasteiger partial charge in [0.25, 0.3) is 0 Å². The first kappa shape index (κ1) is 25.6. The first-order valence-electron chi connectivity index (χ1n) is 12.4. The number of benzene rings is 2. The predicted molar refractivity (Wildman–Crippen MR) is 132 cm³/mol. The van der Waals surface area contributed by atoms with Crippen LogP contribution in [0.1, 0.15) is 43.0 Å². The number of hydrogen-bond donors (Lipinski definition) is 1. The van der Waals surface area contributed by atoms with Gasteiger partial charge in [-0.25, -0.2) is 8.42 Å². The number of rotatable bonds is 9. The fraction of sp³-hybridized carbons (Fsp3) is 0.462. The van der Waals surface area contributed by atoms with Crippen LogP contribution >= 0.6 is 0 Å². The van der Waals surface area contributed by atoms with E-state index in [9.17, 15) is 27.1 Å². The standard InChI is InChI=1S/C26H29F2N3O5S/c1-16-5-10-21-22(13-25(32)33)29-31(23(21)11-16)24-15-30(14-18(24)12-17-3-2-4-17)37(34,35)20-8-6-19(7-9-20)36-26(27)28/h5-11,17-18,24,26H,2-4,12-15H2,1H3,(H,32,33)/t18-,24+/m1/s1. The normalized spacial score (nSPS) is 21.0. The van der Waals surface area contributed by atoms with Crippen molar-refractivity contribution in [1.82, 2.24) is 14.1 Å². The van der Waals surface area contributed by atoms with Crippen molar-refractivity contribution in [1.29, 1.82) is 0 Å². The number of alkyl halides is 2. The number of halogens is 2. The van der Waals surface area contributed by atoms with Crippen LogP contribution in [0.2, 0.25) is 0 Å². The summed E-state index contributed by atoms with van der Waals surface area (Å²) in [5, 5.41) is 14.9. The highest BCUT2D eigenvalue weighted by Crippen LogP contribution is 2.42. The number of carboxylic acid groups (broad SMARTS) is 1. The number of fused-ring (bicyclic) bond motifs is 1. The SMILES string of the molecule is Cc1ccc2c(CC(=O)O)nn([C@H]3CN(S(=O)(=O)c4ccc(OC(F)F)cc4)C[C@H]3CC3CCC3)c2c1. The number of ether oxygens (including phenoxy) is 1. The van der Waals surface area contributed by atoms with E-state index in [0.717, 1.165) is 35.7 Å². The molecule has 1 N–H and O–H groups in total. The number of aromatic nitrogens is 2. The van der Waals surface area contributed by atoms with Crippen molar-refractivity contribution in [2.24, 2.45) is 11.8 Å². The highest BCUT2D eigenvalue weighted by atomic mass is 32.2. The number of carboxylic acids is 1. The van der Waals surface area contributed by atoms with Crippen molar-refractivity contribution < 1.29 is 31.8 Å². The molecule has 198 valence electrons. The van der Waals surface area contributed by atoms with Crippen molar-refractivity contribution in [3.05, 3.63) is 53.7 Å². The zero-order valence-electron chi connectivity index (χ0n) is 20.4. The lowest BCUT2D eigenvalue weighted by atomic mass is 9.78. The quantitative estimate of drug-likeness (QED) is 0.431. The van der Waals surface area contributed by atoms with Crippen LogP contribution in [0.5, 0.6) is 5.75 Å². The Balaban J connectivity index is 1.49. The van der Waals surface area contributed by atoms with Crippen molar-refractivity contribution in [3.8, 4) is 5.75 Å². The maximum atomic E-state index is 13.6. The Bertz CT molecular complexity index is 1400. The molecule has 1 aliphatic carbocycles. The monoisotopic (exact) mass is 533 g/mol. The first-order valence-corrected chi connectivity index (χ1v) is 13.8. The van der Waals surface area contributed by atoms with Gasteiger partial charge in [-0.05, 0) is 61.1 Å².